The lowest BCUT2D eigenvalue weighted by Gasteiger charge is -2.28. The average Bonchev–Trinajstić information content (AvgIpc) is 2.61. The summed E-state index contributed by atoms with van der Waals surface area (Å²) in [5.74, 6) is 0. The van der Waals surface area contributed by atoms with E-state index in [9.17, 15) is 0 Å². The smallest absolute Gasteiger partial charge is 0.0681 e. The van der Waals surface area contributed by atoms with Crippen LogP contribution in [0.5, 0.6) is 0 Å². The normalized spacial score (nSPS) is 15.4. The second-order valence-corrected chi connectivity index (χ2v) is 5.72. The maximum atomic E-state index is 9.04. The van der Waals surface area contributed by atoms with Crippen molar-refractivity contribution in [3.05, 3.63) is 59.4 Å². The molecule has 0 aliphatic carbocycles. The Morgan fingerprint density at radius 2 is 1.73 bits per heavy atom. The van der Waals surface area contributed by atoms with E-state index in [-0.39, 0.29) is 6.61 Å². The Bertz CT molecular complexity index is 611. The predicted octanol–water partition coefficient (Wildman–Crippen LogP) is 3.73. The first-order valence-corrected chi connectivity index (χ1v) is 7.94. The maximum absolute atomic E-state index is 9.04. The van der Waals surface area contributed by atoms with E-state index in [4.69, 9.17) is 5.11 Å². The molecule has 2 aromatic rings. The van der Waals surface area contributed by atoms with Crippen molar-refractivity contribution < 1.29 is 5.11 Å². The number of aliphatic hydroxyl groups excluding tert-OH is 1. The Labute approximate surface area is 131 Å². The molecule has 3 heteroatoms. The minimum absolute atomic E-state index is 0.0868. The molecule has 1 fully saturated rings. The van der Waals surface area contributed by atoms with Crippen LogP contribution < -0.4 is 4.90 Å². The molecular formula is C19H22N2O. The maximum Gasteiger partial charge on any atom is 0.0681 e. The van der Waals surface area contributed by atoms with E-state index >= 15 is 0 Å². The summed E-state index contributed by atoms with van der Waals surface area (Å²) in [6.07, 6.45) is 9.95. The van der Waals surface area contributed by atoms with Crippen LogP contribution in [0, 0.1) is 0 Å². The zero-order valence-electron chi connectivity index (χ0n) is 12.8. The van der Waals surface area contributed by atoms with Gasteiger partial charge in [0.1, 0.15) is 0 Å². The highest BCUT2D eigenvalue weighted by molar-refractivity contribution is 5.68. The van der Waals surface area contributed by atoms with Crippen LogP contribution >= 0.6 is 0 Å². The van der Waals surface area contributed by atoms with Crippen molar-refractivity contribution in [2.75, 3.05) is 18.0 Å². The van der Waals surface area contributed by atoms with Crippen LogP contribution in [0.25, 0.3) is 12.2 Å². The fourth-order valence-corrected chi connectivity index (χ4v) is 2.75. The van der Waals surface area contributed by atoms with Crippen molar-refractivity contribution in [3.8, 4) is 0 Å². The third-order valence-corrected chi connectivity index (χ3v) is 4.10. The number of aliphatic hydroxyl groups is 1. The first kappa shape index (κ1) is 14.8. The molecule has 1 aliphatic heterocycles. The third-order valence-electron chi connectivity index (χ3n) is 4.10. The largest absolute Gasteiger partial charge is 0.392 e. The summed E-state index contributed by atoms with van der Waals surface area (Å²) in [4.78, 5) is 6.95. The van der Waals surface area contributed by atoms with Gasteiger partial charge in [-0.25, -0.2) is 0 Å². The fraction of sp³-hybridized carbons (Fsp3) is 0.316. The number of piperidine rings is 1. The lowest BCUT2D eigenvalue weighted by Crippen LogP contribution is -2.29. The van der Waals surface area contributed by atoms with Crippen LogP contribution in [0.2, 0.25) is 0 Å². The SMILES string of the molecule is OCc1ccc(C=Cc2ccc(N3CCCCC3)cn2)cc1. The van der Waals surface area contributed by atoms with Crippen LogP contribution in [0.15, 0.2) is 42.6 Å². The standard InChI is InChI=1S/C19H22N2O/c22-15-17-6-4-16(5-7-17)8-9-18-10-11-19(14-20-18)21-12-2-1-3-13-21/h4-11,14,22H,1-3,12-13,15H2. The van der Waals surface area contributed by atoms with E-state index in [2.05, 4.69) is 22.0 Å². The predicted molar refractivity (Wildman–Crippen MR) is 91.6 cm³/mol. The number of nitrogens with zero attached hydrogens (tertiary/aromatic N) is 2. The van der Waals surface area contributed by atoms with E-state index in [0.717, 1.165) is 29.9 Å². The summed E-state index contributed by atoms with van der Waals surface area (Å²) in [7, 11) is 0. The first-order valence-electron chi connectivity index (χ1n) is 7.94. The molecule has 0 unspecified atom stereocenters. The van der Waals surface area contributed by atoms with Crippen molar-refractivity contribution in [1.82, 2.24) is 4.98 Å². The van der Waals surface area contributed by atoms with E-state index in [1.54, 1.807) is 0 Å². The molecule has 0 saturated carbocycles. The molecule has 1 saturated heterocycles. The van der Waals surface area contributed by atoms with E-state index in [1.807, 2.05) is 42.6 Å². The number of benzene rings is 1. The van der Waals surface area contributed by atoms with Crippen molar-refractivity contribution in [2.45, 2.75) is 25.9 Å². The number of hydrogen-bond acceptors (Lipinski definition) is 3. The van der Waals surface area contributed by atoms with Gasteiger partial charge in [-0.2, -0.15) is 0 Å². The Kier molecular flexibility index (Phi) is 4.86. The fourth-order valence-electron chi connectivity index (χ4n) is 2.75. The van der Waals surface area contributed by atoms with Gasteiger partial charge in [-0.3, -0.25) is 4.98 Å². The molecule has 0 atom stereocenters. The molecule has 1 N–H and O–H groups in total. The topological polar surface area (TPSA) is 36.4 Å². The van der Waals surface area contributed by atoms with Gasteiger partial charge in [0.15, 0.2) is 0 Å². The van der Waals surface area contributed by atoms with Crippen LogP contribution in [0.1, 0.15) is 36.1 Å². The number of pyridine rings is 1. The lowest BCUT2D eigenvalue weighted by atomic mass is 10.1. The van der Waals surface area contributed by atoms with Crippen LogP contribution in [-0.2, 0) is 6.61 Å². The zero-order chi connectivity index (χ0) is 15.2. The molecule has 0 bridgehead atoms. The molecule has 1 aromatic carbocycles. The quantitative estimate of drug-likeness (QED) is 0.933. The Morgan fingerprint density at radius 3 is 2.36 bits per heavy atom. The minimum atomic E-state index is 0.0868. The molecule has 114 valence electrons. The van der Waals surface area contributed by atoms with Gasteiger partial charge < -0.3 is 10.0 Å². The second kappa shape index (κ2) is 7.23. The average molecular weight is 294 g/mol. The molecule has 3 nitrogen and oxygen atoms in total. The van der Waals surface area contributed by atoms with E-state index in [0.29, 0.717) is 0 Å². The summed E-state index contributed by atoms with van der Waals surface area (Å²) >= 11 is 0. The molecule has 1 aromatic heterocycles. The van der Waals surface area contributed by atoms with Gasteiger partial charge in [0.25, 0.3) is 0 Å². The summed E-state index contributed by atoms with van der Waals surface area (Å²) in [6.45, 7) is 2.38. The molecule has 2 heterocycles. The number of hydrogen-bond donors (Lipinski definition) is 1. The monoisotopic (exact) mass is 294 g/mol. The first-order chi connectivity index (χ1) is 10.8. The summed E-state index contributed by atoms with van der Waals surface area (Å²) in [5.41, 5.74) is 4.23. The molecule has 0 spiro atoms. The lowest BCUT2D eigenvalue weighted by molar-refractivity contribution is 0.282. The Balaban J connectivity index is 1.65. The number of anilines is 1. The van der Waals surface area contributed by atoms with Crippen molar-refractivity contribution in [2.24, 2.45) is 0 Å². The second-order valence-electron chi connectivity index (χ2n) is 5.72. The van der Waals surface area contributed by atoms with Crippen molar-refractivity contribution in [3.63, 3.8) is 0 Å². The third kappa shape index (κ3) is 3.74. The van der Waals surface area contributed by atoms with Gasteiger partial charge in [0.2, 0.25) is 0 Å². The van der Waals surface area contributed by atoms with Crippen LogP contribution in [-0.4, -0.2) is 23.2 Å². The van der Waals surface area contributed by atoms with Crippen LogP contribution in [0.3, 0.4) is 0 Å². The van der Waals surface area contributed by atoms with Gasteiger partial charge in [-0.15, -0.1) is 0 Å². The number of rotatable bonds is 4. The number of aromatic nitrogens is 1. The van der Waals surface area contributed by atoms with Crippen LogP contribution in [0.4, 0.5) is 5.69 Å². The summed E-state index contributed by atoms with van der Waals surface area (Å²) in [5, 5.41) is 9.04. The van der Waals surface area contributed by atoms with Gasteiger partial charge in [0, 0.05) is 13.1 Å². The highest BCUT2D eigenvalue weighted by Crippen LogP contribution is 2.19. The van der Waals surface area contributed by atoms with Gasteiger partial charge in [-0.1, -0.05) is 30.3 Å². The van der Waals surface area contributed by atoms with Crippen molar-refractivity contribution in [1.29, 1.82) is 0 Å². The molecular weight excluding hydrogens is 272 g/mol. The van der Waals surface area contributed by atoms with Gasteiger partial charge in [-0.05, 0) is 48.6 Å². The molecule has 22 heavy (non-hydrogen) atoms. The van der Waals surface area contributed by atoms with Crippen molar-refractivity contribution >= 4 is 17.8 Å². The highest BCUT2D eigenvalue weighted by atomic mass is 16.3. The molecule has 3 rings (SSSR count). The summed E-state index contributed by atoms with van der Waals surface area (Å²) in [6, 6.07) is 12.1. The Morgan fingerprint density at radius 1 is 0.955 bits per heavy atom. The summed E-state index contributed by atoms with van der Waals surface area (Å²) < 4.78 is 0. The molecule has 1 aliphatic rings. The van der Waals surface area contributed by atoms with E-state index < -0.39 is 0 Å². The van der Waals surface area contributed by atoms with Gasteiger partial charge in [0.05, 0.1) is 24.2 Å². The molecule has 0 amide bonds. The van der Waals surface area contributed by atoms with Gasteiger partial charge >= 0.3 is 0 Å². The Hall–Kier alpha value is -2.13. The highest BCUT2D eigenvalue weighted by Gasteiger charge is 2.10. The minimum Gasteiger partial charge on any atom is -0.392 e. The van der Waals surface area contributed by atoms with E-state index in [1.165, 1.54) is 24.9 Å². The zero-order valence-corrected chi connectivity index (χ0v) is 12.8. The molecule has 0 radical (unpaired) electrons.